The third-order valence-electron chi connectivity index (χ3n) is 3.73. The van der Waals surface area contributed by atoms with Crippen LogP contribution in [0, 0.1) is 13.8 Å². The van der Waals surface area contributed by atoms with Crippen molar-refractivity contribution in [1.82, 2.24) is 0 Å². The molecule has 26 heavy (non-hydrogen) atoms. The number of hydrogen-bond acceptors (Lipinski definition) is 5. The summed E-state index contributed by atoms with van der Waals surface area (Å²) in [4.78, 5) is 25.1. The van der Waals surface area contributed by atoms with Gasteiger partial charge < -0.3 is 14.8 Å². The Morgan fingerprint density at radius 1 is 1.12 bits per heavy atom. The van der Waals surface area contributed by atoms with Crippen molar-refractivity contribution in [2.75, 3.05) is 18.2 Å². The fraction of sp³-hybridized carbons (Fsp3) is 0.300. The first kappa shape index (κ1) is 19.8. The number of benzene rings is 2. The predicted molar refractivity (Wildman–Crippen MR) is 104 cm³/mol. The fourth-order valence-electron chi connectivity index (χ4n) is 2.29. The van der Waals surface area contributed by atoms with Crippen LogP contribution in [-0.4, -0.2) is 30.8 Å². The van der Waals surface area contributed by atoms with Crippen molar-refractivity contribution in [3.63, 3.8) is 0 Å². The molecule has 0 bridgehead atoms. The van der Waals surface area contributed by atoms with Crippen LogP contribution >= 0.6 is 11.8 Å². The third-order valence-corrected chi connectivity index (χ3v) is 4.72. The van der Waals surface area contributed by atoms with Crippen molar-refractivity contribution >= 4 is 29.3 Å². The van der Waals surface area contributed by atoms with Gasteiger partial charge in [-0.15, -0.1) is 11.8 Å². The molecule has 6 heteroatoms. The summed E-state index contributed by atoms with van der Waals surface area (Å²) in [6.45, 7) is 5.48. The van der Waals surface area contributed by atoms with Crippen molar-refractivity contribution in [3.8, 4) is 5.75 Å². The molecule has 1 amide bonds. The van der Waals surface area contributed by atoms with Gasteiger partial charge in [0.2, 0.25) is 0 Å². The molecular formula is C20H23NO4S. The summed E-state index contributed by atoms with van der Waals surface area (Å²) >= 11 is 1.35. The van der Waals surface area contributed by atoms with Crippen LogP contribution in [-0.2, 0) is 14.3 Å². The van der Waals surface area contributed by atoms with Gasteiger partial charge >= 0.3 is 5.97 Å². The molecule has 1 N–H and O–H groups in total. The fourth-order valence-corrected chi connectivity index (χ4v) is 2.97. The highest BCUT2D eigenvalue weighted by atomic mass is 32.2. The van der Waals surface area contributed by atoms with E-state index in [-0.39, 0.29) is 11.7 Å². The molecule has 0 heterocycles. The van der Waals surface area contributed by atoms with Gasteiger partial charge in [0.1, 0.15) is 5.75 Å². The van der Waals surface area contributed by atoms with E-state index in [1.165, 1.54) is 11.8 Å². The SMILES string of the molecule is COc1ccc(SCC(=O)O[C@H](C)C(=O)Nc2ccc(C)cc2C)cc1. The van der Waals surface area contributed by atoms with Gasteiger partial charge in [-0.25, -0.2) is 0 Å². The van der Waals surface area contributed by atoms with E-state index in [1.54, 1.807) is 14.0 Å². The summed E-state index contributed by atoms with van der Waals surface area (Å²) in [6.07, 6.45) is -0.861. The standard InChI is InChI=1S/C20H23NO4S/c1-13-5-10-18(14(2)11-13)21-20(23)15(3)25-19(22)12-26-17-8-6-16(24-4)7-9-17/h5-11,15H,12H2,1-4H3,(H,21,23)/t15-/m1/s1. The number of nitrogens with one attached hydrogen (secondary N) is 1. The Labute approximate surface area is 158 Å². The summed E-state index contributed by atoms with van der Waals surface area (Å²) in [7, 11) is 1.60. The van der Waals surface area contributed by atoms with E-state index in [9.17, 15) is 9.59 Å². The van der Waals surface area contributed by atoms with E-state index < -0.39 is 12.1 Å². The number of amides is 1. The lowest BCUT2D eigenvalue weighted by atomic mass is 10.1. The summed E-state index contributed by atoms with van der Waals surface area (Å²) in [5.41, 5.74) is 2.80. The zero-order valence-electron chi connectivity index (χ0n) is 15.4. The molecule has 2 aromatic carbocycles. The zero-order chi connectivity index (χ0) is 19.1. The number of hydrogen-bond donors (Lipinski definition) is 1. The molecule has 1 atom stereocenters. The highest BCUT2D eigenvalue weighted by molar-refractivity contribution is 8.00. The lowest BCUT2D eigenvalue weighted by Gasteiger charge is -2.15. The maximum Gasteiger partial charge on any atom is 0.317 e. The lowest BCUT2D eigenvalue weighted by molar-refractivity contribution is -0.150. The van der Waals surface area contributed by atoms with Crippen molar-refractivity contribution in [2.24, 2.45) is 0 Å². The van der Waals surface area contributed by atoms with Gasteiger partial charge in [0, 0.05) is 10.6 Å². The third kappa shape index (κ3) is 5.81. The lowest BCUT2D eigenvalue weighted by Crippen LogP contribution is -2.30. The molecule has 0 fully saturated rings. The molecule has 2 aromatic rings. The average molecular weight is 373 g/mol. The number of ether oxygens (including phenoxy) is 2. The predicted octanol–water partition coefficient (Wildman–Crippen LogP) is 3.97. The average Bonchev–Trinajstić information content (AvgIpc) is 2.62. The van der Waals surface area contributed by atoms with Crippen LogP contribution in [0.15, 0.2) is 47.4 Å². The Hall–Kier alpha value is -2.47. The molecule has 138 valence electrons. The molecule has 0 aromatic heterocycles. The first-order chi connectivity index (χ1) is 12.4. The Morgan fingerprint density at radius 2 is 1.81 bits per heavy atom. The molecule has 2 rings (SSSR count). The van der Waals surface area contributed by atoms with Gasteiger partial charge in [-0.1, -0.05) is 17.7 Å². The first-order valence-electron chi connectivity index (χ1n) is 8.23. The molecule has 0 aliphatic heterocycles. The molecule has 5 nitrogen and oxygen atoms in total. The van der Waals surface area contributed by atoms with Gasteiger partial charge in [-0.3, -0.25) is 9.59 Å². The molecular weight excluding hydrogens is 350 g/mol. The van der Waals surface area contributed by atoms with E-state index in [0.29, 0.717) is 0 Å². The van der Waals surface area contributed by atoms with E-state index in [1.807, 2.05) is 56.3 Å². The number of methoxy groups -OCH3 is 1. The van der Waals surface area contributed by atoms with Gasteiger partial charge in [0.05, 0.1) is 12.9 Å². The minimum Gasteiger partial charge on any atom is -0.497 e. The maximum absolute atomic E-state index is 12.2. The van der Waals surface area contributed by atoms with Gasteiger partial charge in [-0.05, 0) is 56.7 Å². The number of thioether (sulfide) groups is 1. The van der Waals surface area contributed by atoms with Crippen LogP contribution in [0.4, 0.5) is 5.69 Å². The topological polar surface area (TPSA) is 64.6 Å². The smallest absolute Gasteiger partial charge is 0.317 e. The molecule has 0 radical (unpaired) electrons. The Kier molecular flexibility index (Phi) is 7.09. The van der Waals surface area contributed by atoms with E-state index >= 15 is 0 Å². The minimum atomic E-state index is -0.861. The highest BCUT2D eigenvalue weighted by Crippen LogP contribution is 2.21. The summed E-state index contributed by atoms with van der Waals surface area (Å²) in [5, 5.41) is 2.79. The molecule has 0 saturated carbocycles. The Balaban J connectivity index is 1.82. The van der Waals surface area contributed by atoms with Gasteiger partial charge in [0.15, 0.2) is 6.10 Å². The van der Waals surface area contributed by atoms with Crippen LogP contribution in [0.2, 0.25) is 0 Å². The molecule has 0 saturated heterocycles. The van der Waals surface area contributed by atoms with Crippen LogP contribution in [0.3, 0.4) is 0 Å². The number of carbonyl (C=O) groups is 2. The van der Waals surface area contributed by atoms with Gasteiger partial charge in [-0.2, -0.15) is 0 Å². The van der Waals surface area contributed by atoms with E-state index in [2.05, 4.69) is 5.32 Å². The van der Waals surface area contributed by atoms with E-state index in [0.717, 1.165) is 27.5 Å². The zero-order valence-corrected chi connectivity index (χ0v) is 16.2. The van der Waals surface area contributed by atoms with Crippen LogP contribution in [0.1, 0.15) is 18.1 Å². The first-order valence-corrected chi connectivity index (χ1v) is 9.22. The number of carbonyl (C=O) groups excluding carboxylic acids is 2. The highest BCUT2D eigenvalue weighted by Gasteiger charge is 2.18. The molecule has 0 unspecified atom stereocenters. The Bertz CT molecular complexity index is 774. The molecule has 0 aliphatic carbocycles. The quantitative estimate of drug-likeness (QED) is 0.588. The van der Waals surface area contributed by atoms with Crippen molar-refractivity contribution in [1.29, 1.82) is 0 Å². The second kappa shape index (κ2) is 9.29. The maximum atomic E-state index is 12.2. The van der Waals surface area contributed by atoms with Crippen molar-refractivity contribution in [3.05, 3.63) is 53.6 Å². The summed E-state index contributed by atoms with van der Waals surface area (Å²) in [5.74, 6) is 0.107. The summed E-state index contributed by atoms with van der Waals surface area (Å²) in [6, 6.07) is 13.1. The largest absolute Gasteiger partial charge is 0.497 e. The normalized spacial score (nSPS) is 11.5. The van der Waals surface area contributed by atoms with Crippen LogP contribution < -0.4 is 10.1 Å². The van der Waals surface area contributed by atoms with Gasteiger partial charge in [0.25, 0.3) is 5.91 Å². The molecule has 0 aliphatic rings. The minimum absolute atomic E-state index is 0.132. The van der Waals surface area contributed by atoms with Crippen LogP contribution in [0.5, 0.6) is 5.75 Å². The monoisotopic (exact) mass is 373 g/mol. The Morgan fingerprint density at radius 3 is 2.42 bits per heavy atom. The second-order valence-corrected chi connectivity index (χ2v) is 6.95. The van der Waals surface area contributed by atoms with Crippen molar-refractivity contribution < 1.29 is 19.1 Å². The molecule has 0 spiro atoms. The van der Waals surface area contributed by atoms with E-state index in [4.69, 9.17) is 9.47 Å². The second-order valence-electron chi connectivity index (χ2n) is 5.90. The van der Waals surface area contributed by atoms with Crippen molar-refractivity contribution in [2.45, 2.75) is 31.8 Å². The van der Waals surface area contributed by atoms with Crippen LogP contribution in [0.25, 0.3) is 0 Å². The number of rotatable bonds is 7. The number of esters is 1. The number of anilines is 1. The summed E-state index contributed by atoms with van der Waals surface area (Å²) < 4.78 is 10.3. The number of aryl methyl sites for hydroxylation is 2.